The van der Waals surface area contributed by atoms with Crippen molar-refractivity contribution in [1.29, 1.82) is 0 Å². The van der Waals surface area contributed by atoms with Gasteiger partial charge in [-0.3, -0.25) is 14.9 Å². The van der Waals surface area contributed by atoms with E-state index in [0.29, 0.717) is 17.8 Å². The molecule has 0 unspecified atom stereocenters. The summed E-state index contributed by atoms with van der Waals surface area (Å²) in [5.41, 5.74) is 0.224. The van der Waals surface area contributed by atoms with E-state index in [9.17, 15) is 14.9 Å². The lowest BCUT2D eigenvalue weighted by molar-refractivity contribution is -0.419. The largest absolute Gasteiger partial charge is 0.481 e. The van der Waals surface area contributed by atoms with Crippen LogP contribution in [0.4, 0.5) is 0 Å². The number of hydrogen-bond acceptors (Lipinski definition) is 4. The predicted molar refractivity (Wildman–Crippen MR) is 66.3 cm³/mol. The van der Waals surface area contributed by atoms with Crippen molar-refractivity contribution in [2.75, 3.05) is 6.54 Å². The Morgan fingerprint density at radius 3 is 2.67 bits per heavy atom. The molecule has 2 N–H and O–H groups in total. The van der Waals surface area contributed by atoms with E-state index in [-0.39, 0.29) is 5.70 Å². The van der Waals surface area contributed by atoms with E-state index in [2.05, 4.69) is 5.32 Å². The SMILES string of the molecule is C/C=C(\C=C1\C=C(C(C)(C)C(=O)O)NC1)[N+](=O)[O-]. The minimum atomic E-state index is -1.03. The maximum absolute atomic E-state index is 11.1. The molecule has 0 saturated heterocycles. The average Bonchev–Trinajstić information content (AvgIpc) is 2.74. The summed E-state index contributed by atoms with van der Waals surface area (Å²) < 4.78 is 0. The van der Waals surface area contributed by atoms with E-state index < -0.39 is 16.3 Å². The van der Waals surface area contributed by atoms with Crippen molar-refractivity contribution in [2.45, 2.75) is 20.8 Å². The number of nitro groups is 1. The Morgan fingerprint density at radius 1 is 1.61 bits per heavy atom. The molecule has 6 heteroatoms. The van der Waals surface area contributed by atoms with Crippen LogP contribution in [0.5, 0.6) is 0 Å². The van der Waals surface area contributed by atoms with Gasteiger partial charge >= 0.3 is 5.97 Å². The first-order chi connectivity index (χ1) is 8.28. The summed E-state index contributed by atoms with van der Waals surface area (Å²) in [7, 11) is 0. The second-order valence-electron chi connectivity index (χ2n) is 4.53. The fourth-order valence-electron chi connectivity index (χ4n) is 1.53. The summed E-state index contributed by atoms with van der Waals surface area (Å²) in [5.74, 6) is -0.942. The zero-order chi connectivity index (χ0) is 13.9. The third-order valence-corrected chi connectivity index (χ3v) is 2.86. The van der Waals surface area contributed by atoms with Crippen LogP contribution in [-0.2, 0) is 4.79 Å². The van der Waals surface area contributed by atoms with Gasteiger partial charge in [-0.15, -0.1) is 0 Å². The molecule has 1 rings (SSSR count). The van der Waals surface area contributed by atoms with Crippen molar-refractivity contribution in [3.63, 3.8) is 0 Å². The molecule has 0 aromatic rings. The van der Waals surface area contributed by atoms with Crippen LogP contribution in [-0.4, -0.2) is 22.5 Å². The van der Waals surface area contributed by atoms with Gasteiger partial charge in [-0.25, -0.2) is 0 Å². The number of nitrogens with zero attached hydrogens (tertiary/aromatic N) is 1. The molecule has 18 heavy (non-hydrogen) atoms. The van der Waals surface area contributed by atoms with Crippen molar-refractivity contribution in [2.24, 2.45) is 5.41 Å². The van der Waals surface area contributed by atoms with Crippen molar-refractivity contribution in [3.8, 4) is 0 Å². The Kier molecular flexibility index (Phi) is 3.90. The van der Waals surface area contributed by atoms with Crippen molar-refractivity contribution in [1.82, 2.24) is 5.32 Å². The molecule has 6 nitrogen and oxygen atoms in total. The van der Waals surface area contributed by atoms with Gasteiger partial charge in [0, 0.05) is 18.3 Å². The third-order valence-electron chi connectivity index (χ3n) is 2.86. The number of nitrogens with one attached hydrogen (secondary N) is 1. The molecule has 1 aliphatic heterocycles. The zero-order valence-electron chi connectivity index (χ0n) is 10.6. The number of hydrogen-bond donors (Lipinski definition) is 2. The number of carbonyl (C=O) groups is 1. The molecule has 0 aromatic heterocycles. The Bertz CT molecular complexity index is 472. The van der Waals surface area contributed by atoms with E-state index in [1.54, 1.807) is 26.8 Å². The maximum Gasteiger partial charge on any atom is 0.315 e. The first kappa shape index (κ1) is 14.0. The first-order valence-electron chi connectivity index (χ1n) is 5.49. The van der Waals surface area contributed by atoms with E-state index in [1.165, 1.54) is 12.2 Å². The molecular formula is C12H16N2O4. The number of allylic oxidation sites excluding steroid dienone is 2. The van der Waals surface area contributed by atoms with Crippen LogP contribution in [0.2, 0.25) is 0 Å². The van der Waals surface area contributed by atoms with E-state index in [4.69, 9.17) is 5.11 Å². The average molecular weight is 252 g/mol. The van der Waals surface area contributed by atoms with E-state index >= 15 is 0 Å². The van der Waals surface area contributed by atoms with Crippen LogP contribution in [0.15, 0.2) is 35.2 Å². The fraction of sp³-hybridized carbons (Fsp3) is 0.417. The molecule has 0 bridgehead atoms. The molecule has 1 heterocycles. The van der Waals surface area contributed by atoms with Gasteiger partial charge in [0.25, 0.3) is 5.70 Å². The van der Waals surface area contributed by atoms with Gasteiger partial charge < -0.3 is 10.4 Å². The van der Waals surface area contributed by atoms with Gasteiger partial charge in [0.2, 0.25) is 0 Å². The van der Waals surface area contributed by atoms with Gasteiger partial charge in [0.05, 0.1) is 4.92 Å². The molecule has 0 spiro atoms. The lowest BCUT2D eigenvalue weighted by Gasteiger charge is -2.20. The minimum absolute atomic E-state index is 0.00238. The standard InChI is InChI=1S/C12H16N2O4/c1-4-9(14(17)18)5-8-6-10(13-7-8)12(2,3)11(15)16/h4-6,13H,7H2,1-3H3,(H,15,16)/b8-5-,9-4+. The summed E-state index contributed by atoms with van der Waals surface area (Å²) in [6.07, 6.45) is 4.50. The zero-order valence-corrected chi connectivity index (χ0v) is 10.6. The monoisotopic (exact) mass is 252 g/mol. The molecule has 0 atom stereocenters. The highest BCUT2D eigenvalue weighted by atomic mass is 16.6. The van der Waals surface area contributed by atoms with Crippen molar-refractivity contribution >= 4 is 5.97 Å². The summed E-state index contributed by atoms with van der Waals surface area (Å²) >= 11 is 0. The molecule has 0 aromatic carbocycles. The minimum Gasteiger partial charge on any atom is -0.481 e. The van der Waals surface area contributed by atoms with Crippen molar-refractivity contribution in [3.05, 3.63) is 45.3 Å². The fourth-order valence-corrected chi connectivity index (χ4v) is 1.53. The van der Waals surface area contributed by atoms with Crippen LogP contribution in [0.25, 0.3) is 0 Å². The Morgan fingerprint density at radius 2 is 2.22 bits per heavy atom. The van der Waals surface area contributed by atoms with Crippen LogP contribution >= 0.6 is 0 Å². The predicted octanol–water partition coefficient (Wildman–Crippen LogP) is 1.69. The summed E-state index contributed by atoms with van der Waals surface area (Å²) in [6, 6.07) is 0. The number of carboxylic acid groups (broad SMARTS) is 1. The summed E-state index contributed by atoms with van der Waals surface area (Å²) in [4.78, 5) is 21.3. The molecule has 0 radical (unpaired) electrons. The van der Waals surface area contributed by atoms with Gasteiger partial charge in [0.15, 0.2) is 0 Å². The van der Waals surface area contributed by atoms with Crippen molar-refractivity contribution < 1.29 is 14.8 Å². The first-order valence-corrected chi connectivity index (χ1v) is 5.49. The van der Waals surface area contributed by atoms with Gasteiger partial charge in [-0.2, -0.15) is 0 Å². The van der Waals surface area contributed by atoms with Gasteiger partial charge in [-0.1, -0.05) is 0 Å². The molecule has 0 amide bonds. The normalized spacial score (nSPS) is 18.5. The van der Waals surface area contributed by atoms with E-state index in [1.807, 2.05) is 0 Å². The third kappa shape index (κ3) is 2.77. The Labute approximate surface area is 105 Å². The highest BCUT2D eigenvalue weighted by Gasteiger charge is 2.34. The van der Waals surface area contributed by atoms with E-state index in [0.717, 1.165) is 0 Å². The second-order valence-corrected chi connectivity index (χ2v) is 4.53. The van der Waals surface area contributed by atoms with Crippen LogP contribution in [0, 0.1) is 15.5 Å². The van der Waals surface area contributed by atoms with Crippen LogP contribution in [0.3, 0.4) is 0 Å². The quantitative estimate of drug-likeness (QED) is 0.586. The topological polar surface area (TPSA) is 92.5 Å². The number of aliphatic carboxylic acids is 1. The summed E-state index contributed by atoms with van der Waals surface area (Å²) in [5, 5.41) is 22.7. The van der Waals surface area contributed by atoms with Crippen LogP contribution in [0.1, 0.15) is 20.8 Å². The highest BCUT2D eigenvalue weighted by Crippen LogP contribution is 2.29. The van der Waals surface area contributed by atoms with Crippen LogP contribution < -0.4 is 5.32 Å². The lowest BCUT2D eigenvalue weighted by Crippen LogP contribution is -2.31. The molecule has 0 saturated carbocycles. The Balaban J connectivity index is 3.00. The summed E-state index contributed by atoms with van der Waals surface area (Å²) in [6.45, 7) is 5.16. The number of rotatable bonds is 4. The smallest absolute Gasteiger partial charge is 0.315 e. The molecule has 0 fully saturated rings. The van der Waals surface area contributed by atoms with Gasteiger partial charge in [-0.05, 0) is 38.5 Å². The molecule has 1 aliphatic rings. The second kappa shape index (κ2) is 5.03. The molecule has 0 aliphatic carbocycles. The Hall–Kier alpha value is -2.11. The molecular weight excluding hydrogens is 236 g/mol. The highest BCUT2D eigenvalue weighted by molar-refractivity contribution is 5.78. The molecule has 98 valence electrons. The maximum atomic E-state index is 11.1. The number of carboxylic acids is 1. The lowest BCUT2D eigenvalue weighted by atomic mass is 9.89. The van der Waals surface area contributed by atoms with Gasteiger partial charge in [0.1, 0.15) is 5.41 Å².